The van der Waals surface area contributed by atoms with Crippen LogP contribution in [0.5, 0.6) is 0 Å². The van der Waals surface area contributed by atoms with E-state index in [-0.39, 0.29) is 37.3 Å². The minimum Gasteiger partial charge on any atom is -0.480 e. The van der Waals surface area contributed by atoms with E-state index in [2.05, 4.69) is 9.80 Å². The van der Waals surface area contributed by atoms with Gasteiger partial charge in [0.2, 0.25) is 0 Å². The van der Waals surface area contributed by atoms with Gasteiger partial charge in [0.1, 0.15) is 6.04 Å². The number of hydrogen-bond acceptors (Lipinski definition) is 7. The molecule has 40 heavy (non-hydrogen) atoms. The Balaban J connectivity index is 0.000000704. The highest BCUT2D eigenvalue weighted by Crippen LogP contribution is 2.49. The number of nitrogens with zero attached hydrogens (tertiary/aromatic N) is 3. The van der Waals surface area contributed by atoms with Crippen molar-refractivity contribution in [1.29, 1.82) is 0 Å². The molecule has 0 radical (unpaired) electrons. The molecule has 4 rings (SSSR count). The second-order valence-corrected chi connectivity index (χ2v) is 10.9. The number of halogens is 5. The Bertz CT molecular complexity index is 1070. The molecule has 0 aliphatic carbocycles. The zero-order valence-electron chi connectivity index (χ0n) is 22.6. The third-order valence-electron chi connectivity index (χ3n) is 6.69. The smallest absolute Gasteiger partial charge is 0.416 e. The van der Waals surface area contributed by atoms with Crippen LogP contribution in [0.1, 0.15) is 25.8 Å². The minimum absolute atomic E-state index is 0. The van der Waals surface area contributed by atoms with Crippen LogP contribution in [0.4, 0.5) is 24.5 Å². The third-order valence-corrected chi connectivity index (χ3v) is 7.82. The molecule has 2 heterocycles. The number of carbonyl (C=O) groups is 1. The summed E-state index contributed by atoms with van der Waals surface area (Å²) in [6.07, 6.45) is -3.48. The average molecular weight is 628 g/mol. The quantitative estimate of drug-likeness (QED) is 0.368. The van der Waals surface area contributed by atoms with E-state index in [9.17, 15) is 18.0 Å². The van der Waals surface area contributed by atoms with Gasteiger partial charge in [-0.05, 0) is 49.2 Å². The number of nitrogens with two attached hydrogens (primary N) is 1. The third kappa shape index (κ3) is 9.97. The average Bonchev–Trinajstić information content (AvgIpc) is 2.88. The molecule has 0 spiro atoms. The highest BCUT2D eigenvalue weighted by atomic mass is 35.5. The lowest BCUT2D eigenvalue weighted by atomic mass is 10.1. The van der Waals surface area contributed by atoms with E-state index in [1.807, 2.05) is 29.2 Å². The van der Waals surface area contributed by atoms with Gasteiger partial charge in [-0.3, -0.25) is 9.69 Å². The second-order valence-electron chi connectivity index (χ2n) is 9.77. The lowest BCUT2D eigenvalue weighted by Gasteiger charge is -2.36. The number of aliphatic hydroxyl groups is 1. The molecule has 0 aromatic heterocycles. The van der Waals surface area contributed by atoms with Crippen molar-refractivity contribution in [3.8, 4) is 0 Å². The summed E-state index contributed by atoms with van der Waals surface area (Å²) in [5, 5.41) is 17.3. The Labute approximate surface area is 250 Å². The van der Waals surface area contributed by atoms with Crippen LogP contribution in [0, 0.1) is 5.92 Å². The lowest BCUT2D eigenvalue weighted by Crippen LogP contribution is -2.47. The molecule has 0 amide bonds. The summed E-state index contributed by atoms with van der Waals surface area (Å²) in [4.78, 5) is 18.6. The maximum absolute atomic E-state index is 13.3. The first-order valence-corrected chi connectivity index (χ1v) is 13.6. The van der Waals surface area contributed by atoms with Crippen molar-refractivity contribution in [3.05, 3.63) is 48.0 Å². The van der Waals surface area contributed by atoms with Gasteiger partial charge in [0, 0.05) is 49.1 Å². The number of hydrogen-bond donors (Lipinski definition) is 3. The minimum atomic E-state index is -4.35. The van der Waals surface area contributed by atoms with E-state index >= 15 is 0 Å². The van der Waals surface area contributed by atoms with E-state index in [0.29, 0.717) is 18.8 Å². The molecule has 2 aromatic carbocycles. The summed E-state index contributed by atoms with van der Waals surface area (Å²) in [5.41, 5.74) is 6.17. The maximum atomic E-state index is 13.3. The molecular weight excluding hydrogens is 588 g/mol. The van der Waals surface area contributed by atoms with Gasteiger partial charge in [0.15, 0.2) is 0 Å². The van der Waals surface area contributed by atoms with Crippen molar-refractivity contribution in [1.82, 2.24) is 9.80 Å². The molecule has 1 fully saturated rings. The van der Waals surface area contributed by atoms with Crippen molar-refractivity contribution in [2.45, 2.75) is 42.3 Å². The first-order valence-electron chi connectivity index (χ1n) is 12.8. The molecule has 7 nitrogen and oxygen atoms in total. The number of piperazine rings is 1. The monoisotopic (exact) mass is 626 g/mol. The zero-order chi connectivity index (χ0) is 27.9. The molecule has 13 heteroatoms. The summed E-state index contributed by atoms with van der Waals surface area (Å²) in [7, 11) is 0. The predicted octanol–water partition coefficient (Wildman–Crippen LogP) is 5.21. The van der Waals surface area contributed by atoms with Gasteiger partial charge in [-0.1, -0.05) is 37.7 Å². The molecule has 2 aliphatic heterocycles. The van der Waals surface area contributed by atoms with Crippen LogP contribution in [-0.2, 0) is 11.0 Å². The first kappa shape index (κ1) is 36.3. The molecule has 2 aromatic rings. The normalized spacial score (nSPS) is 16.1. The first-order chi connectivity index (χ1) is 18.0. The number of carboxylic acids is 1. The van der Waals surface area contributed by atoms with E-state index in [1.54, 1.807) is 19.9 Å². The van der Waals surface area contributed by atoms with E-state index < -0.39 is 23.8 Å². The molecule has 2 aliphatic rings. The van der Waals surface area contributed by atoms with Crippen LogP contribution < -0.4 is 10.6 Å². The maximum Gasteiger partial charge on any atom is 0.416 e. The molecule has 226 valence electrons. The number of aliphatic hydroxyl groups excluding tert-OH is 1. The Hall–Kier alpha value is -1.73. The Morgan fingerprint density at radius 1 is 0.950 bits per heavy atom. The van der Waals surface area contributed by atoms with Gasteiger partial charge in [-0.2, -0.15) is 13.2 Å². The number of anilines is 2. The molecular formula is C27H39Cl2F3N4O3S. The van der Waals surface area contributed by atoms with Gasteiger partial charge >= 0.3 is 12.1 Å². The summed E-state index contributed by atoms with van der Waals surface area (Å²) < 4.78 is 39.9. The van der Waals surface area contributed by atoms with E-state index in [0.717, 1.165) is 54.6 Å². The van der Waals surface area contributed by atoms with Crippen molar-refractivity contribution >= 4 is 53.9 Å². The van der Waals surface area contributed by atoms with Crippen LogP contribution in [0.25, 0.3) is 0 Å². The number of para-hydroxylation sites is 1. The Morgan fingerprint density at radius 2 is 1.52 bits per heavy atom. The highest BCUT2D eigenvalue weighted by molar-refractivity contribution is 7.99. The van der Waals surface area contributed by atoms with Gasteiger partial charge in [0.25, 0.3) is 0 Å². The number of carboxylic acid groups (broad SMARTS) is 1. The molecule has 4 N–H and O–H groups in total. The van der Waals surface area contributed by atoms with Crippen LogP contribution in [0.2, 0.25) is 0 Å². The molecule has 0 unspecified atom stereocenters. The summed E-state index contributed by atoms with van der Waals surface area (Å²) in [6, 6.07) is 11.2. The summed E-state index contributed by atoms with van der Waals surface area (Å²) >= 11 is 1.53. The van der Waals surface area contributed by atoms with Crippen molar-refractivity contribution in [3.63, 3.8) is 0 Å². The summed E-state index contributed by atoms with van der Waals surface area (Å²) in [5.74, 6) is -0.910. The van der Waals surface area contributed by atoms with Crippen LogP contribution >= 0.6 is 36.6 Å². The second kappa shape index (κ2) is 16.6. The van der Waals surface area contributed by atoms with E-state index in [1.165, 1.54) is 23.9 Å². The van der Waals surface area contributed by atoms with Crippen molar-refractivity contribution in [2.75, 3.05) is 57.3 Å². The number of alkyl halides is 3. The summed E-state index contributed by atoms with van der Waals surface area (Å²) in [6.45, 7) is 9.85. The van der Waals surface area contributed by atoms with Crippen molar-refractivity contribution < 1.29 is 28.2 Å². The molecule has 1 saturated heterocycles. The van der Waals surface area contributed by atoms with Crippen LogP contribution in [0.3, 0.4) is 0 Å². The Morgan fingerprint density at radius 3 is 2.05 bits per heavy atom. The fraction of sp³-hybridized carbons (Fsp3) is 0.519. The fourth-order valence-corrected chi connectivity index (χ4v) is 5.44. The predicted molar refractivity (Wildman–Crippen MR) is 159 cm³/mol. The number of aliphatic carboxylic acids is 1. The molecule has 0 bridgehead atoms. The van der Waals surface area contributed by atoms with Crippen molar-refractivity contribution in [2.24, 2.45) is 11.7 Å². The number of rotatable bonds is 8. The lowest BCUT2D eigenvalue weighted by molar-refractivity contribution is -0.139. The fourth-order valence-electron chi connectivity index (χ4n) is 4.36. The van der Waals surface area contributed by atoms with Gasteiger partial charge in [-0.15, -0.1) is 24.8 Å². The van der Waals surface area contributed by atoms with Gasteiger partial charge < -0.3 is 25.7 Å². The number of β-amino-alcohol motifs (C(OH)–C–C–N with tert-alkyl or cyclic N) is 1. The van der Waals surface area contributed by atoms with Gasteiger partial charge in [-0.25, -0.2) is 0 Å². The highest BCUT2D eigenvalue weighted by Gasteiger charge is 2.33. The number of fused-ring (bicyclic) bond motifs is 2. The number of benzene rings is 2. The van der Waals surface area contributed by atoms with Crippen LogP contribution in [-0.4, -0.2) is 84.4 Å². The molecule has 0 saturated carbocycles. The SMILES string of the molecule is CC(C)[C@H](N)C(=O)O.Cl.Cl.OCCN1CCN(CCCN2c3ccccc3Sc3ccc(C(F)(F)F)cc32)CC1. The standard InChI is InChI=1S/C22H26F3N3OS.C5H11NO2.2ClH/c23-22(24,25)17-6-7-21-19(16-17)28(18-4-1-2-5-20(18)30-21)9-3-8-26-10-12-27(13-11-26)14-15-29;1-3(2)4(6)5(7)8;;/h1-2,4-7,16,29H,3,8-15H2;3-4H,6H2,1-2H3,(H,7,8);2*1H/t;4-;;/m.0../s1. The Kier molecular flexibility index (Phi) is 15.1. The molecule has 1 atom stereocenters. The largest absolute Gasteiger partial charge is 0.480 e. The topological polar surface area (TPSA) is 93.3 Å². The van der Waals surface area contributed by atoms with E-state index in [4.69, 9.17) is 15.9 Å². The van der Waals surface area contributed by atoms with Gasteiger partial charge in [0.05, 0.1) is 23.5 Å². The zero-order valence-corrected chi connectivity index (χ0v) is 25.1. The van der Waals surface area contributed by atoms with Crippen LogP contribution in [0.15, 0.2) is 52.3 Å².